The molecule has 0 spiro atoms. The zero-order valence-electron chi connectivity index (χ0n) is 8.88. The predicted molar refractivity (Wildman–Crippen MR) is 56.7 cm³/mol. The summed E-state index contributed by atoms with van der Waals surface area (Å²) in [5.74, 6) is 0. The summed E-state index contributed by atoms with van der Waals surface area (Å²) in [4.78, 5) is 0. The fourth-order valence-corrected chi connectivity index (χ4v) is 1.66. The third-order valence-electron chi connectivity index (χ3n) is 2.60. The number of aliphatic hydroxyl groups is 1. The van der Waals surface area contributed by atoms with Crippen molar-refractivity contribution in [2.24, 2.45) is 0 Å². The molecule has 0 radical (unpaired) electrons. The van der Waals surface area contributed by atoms with Crippen molar-refractivity contribution in [3.8, 4) is 0 Å². The summed E-state index contributed by atoms with van der Waals surface area (Å²) in [6, 6.07) is 9.66. The van der Waals surface area contributed by atoms with Crippen molar-refractivity contribution in [1.29, 1.82) is 0 Å². The van der Waals surface area contributed by atoms with Crippen molar-refractivity contribution in [3.63, 3.8) is 0 Å². The van der Waals surface area contributed by atoms with Crippen molar-refractivity contribution in [3.05, 3.63) is 35.9 Å². The van der Waals surface area contributed by atoms with E-state index in [1.165, 1.54) is 0 Å². The van der Waals surface area contributed by atoms with E-state index in [1.807, 2.05) is 30.3 Å². The Hall–Kier alpha value is -0.970. The number of hydrogen-bond acceptors (Lipinski definition) is 3. The minimum absolute atomic E-state index is 0.0561. The molecule has 1 heterocycles. The van der Waals surface area contributed by atoms with Crippen molar-refractivity contribution in [1.82, 2.24) is 0 Å². The van der Waals surface area contributed by atoms with E-state index in [1.54, 1.807) is 0 Å². The lowest BCUT2D eigenvalue weighted by Gasteiger charge is -2.13. The molecule has 1 fully saturated rings. The van der Waals surface area contributed by atoms with Gasteiger partial charge in [-0.25, -0.2) is 4.39 Å². The molecule has 3 nitrogen and oxygen atoms in total. The average Bonchev–Trinajstić information content (AvgIpc) is 2.62. The Balaban J connectivity index is 1.73. The van der Waals surface area contributed by atoms with Gasteiger partial charge in [-0.1, -0.05) is 30.3 Å². The molecule has 1 aromatic rings. The first-order valence-electron chi connectivity index (χ1n) is 5.33. The van der Waals surface area contributed by atoms with Crippen LogP contribution in [0.25, 0.3) is 0 Å². The minimum atomic E-state index is -1.34. The lowest BCUT2D eigenvalue weighted by atomic mass is 10.2. The summed E-state index contributed by atoms with van der Waals surface area (Å²) in [5, 5.41) is 9.13. The van der Waals surface area contributed by atoms with Gasteiger partial charge in [0, 0.05) is 0 Å². The molecular weight excluding hydrogens is 211 g/mol. The van der Waals surface area contributed by atoms with E-state index in [-0.39, 0.29) is 13.2 Å². The fraction of sp³-hybridized carbons (Fsp3) is 0.500. The Bertz CT molecular complexity index is 317. The molecule has 88 valence electrons. The third-order valence-corrected chi connectivity index (χ3v) is 2.60. The van der Waals surface area contributed by atoms with Gasteiger partial charge in [-0.3, -0.25) is 0 Å². The van der Waals surface area contributed by atoms with Gasteiger partial charge in [0.2, 0.25) is 0 Å². The molecule has 1 aromatic carbocycles. The van der Waals surface area contributed by atoms with Crippen LogP contribution in [0.15, 0.2) is 30.3 Å². The molecule has 4 heteroatoms. The number of benzene rings is 1. The molecule has 16 heavy (non-hydrogen) atoms. The Morgan fingerprint density at radius 1 is 1.38 bits per heavy atom. The normalized spacial score (nSPS) is 29.5. The standard InChI is InChI=1S/C12H15FO3/c13-12-10(14)7-16-11(12)8-15-6-9-4-2-1-3-5-9/h1-5,10-12,14H,6-8H2. The first-order valence-corrected chi connectivity index (χ1v) is 5.33. The Labute approximate surface area is 93.8 Å². The number of alkyl halides is 1. The van der Waals surface area contributed by atoms with Crippen molar-refractivity contribution in [2.45, 2.75) is 25.0 Å². The van der Waals surface area contributed by atoms with Gasteiger partial charge in [-0.2, -0.15) is 0 Å². The molecule has 0 saturated carbocycles. The van der Waals surface area contributed by atoms with Crippen molar-refractivity contribution >= 4 is 0 Å². The van der Waals surface area contributed by atoms with Crippen LogP contribution >= 0.6 is 0 Å². The first kappa shape index (κ1) is 11.5. The molecule has 0 bridgehead atoms. The maximum atomic E-state index is 13.3. The van der Waals surface area contributed by atoms with Crippen LogP contribution in [0.2, 0.25) is 0 Å². The summed E-state index contributed by atoms with van der Waals surface area (Å²) < 4.78 is 23.7. The molecule has 0 aliphatic carbocycles. The summed E-state index contributed by atoms with van der Waals surface area (Å²) in [6.07, 6.45) is -2.99. The second kappa shape index (κ2) is 5.39. The monoisotopic (exact) mass is 226 g/mol. The van der Waals surface area contributed by atoms with Gasteiger partial charge in [-0.05, 0) is 5.56 Å². The van der Waals surface area contributed by atoms with Gasteiger partial charge in [0.15, 0.2) is 6.17 Å². The van der Waals surface area contributed by atoms with Gasteiger partial charge < -0.3 is 14.6 Å². The van der Waals surface area contributed by atoms with Crippen LogP contribution in [0.5, 0.6) is 0 Å². The summed E-state index contributed by atoms with van der Waals surface area (Å²) >= 11 is 0. The Morgan fingerprint density at radius 3 is 2.75 bits per heavy atom. The van der Waals surface area contributed by atoms with Crippen molar-refractivity contribution in [2.75, 3.05) is 13.2 Å². The molecule has 1 saturated heterocycles. The summed E-state index contributed by atoms with van der Waals surface area (Å²) in [7, 11) is 0. The molecule has 3 unspecified atom stereocenters. The van der Waals surface area contributed by atoms with Crippen LogP contribution in [-0.2, 0) is 16.1 Å². The van der Waals surface area contributed by atoms with Crippen LogP contribution in [0.1, 0.15) is 5.56 Å². The molecular formula is C12H15FO3. The molecule has 1 N–H and O–H groups in total. The van der Waals surface area contributed by atoms with E-state index in [9.17, 15) is 4.39 Å². The predicted octanol–water partition coefficient (Wildman–Crippen LogP) is 1.30. The SMILES string of the molecule is OC1COC(COCc2ccccc2)C1F. The highest BCUT2D eigenvalue weighted by molar-refractivity contribution is 5.13. The first-order chi connectivity index (χ1) is 7.77. The van der Waals surface area contributed by atoms with Gasteiger partial charge in [0.25, 0.3) is 0 Å². The number of halogens is 1. The van der Waals surface area contributed by atoms with Gasteiger partial charge in [0.1, 0.15) is 12.2 Å². The maximum absolute atomic E-state index is 13.3. The molecule has 0 aromatic heterocycles. The zero-order chi connectivity index (χ0) is 11.4. The number of rotatable bonds is 4. The van der Waals surface area contributed by atoms with Crippen LogP contribution < -0.4 is 0 Å². The zero-order valence-corrected chi connectivity index (χ0v) is 8.88. The number of aliphatic hydroxyl groups excluding tert-OH is 1. The highest BCUT2D eigenvalue weighted by Crippen LogP contribution is 2.18. The third kappa shape index (κ3) is 2.78. The Kier molecular flexibility index (Phi) is 3.88. The van der Waals surface area contributed by atoms with Gasteiger partial charge in [0.05, 0.1) is 19.8 Å². The lowest BCUT2D eigenvalue weighted by molar-refractivity contribution is -0.0109. The van der Waals surface area contributed by atoms with Crippen LogP contribution in [0.3, 0.4) is 0 Å². The summed E-state index contributed by atoms with van der Waals surface area (Å²) in [6.45, 7) is 0.664. The smallest absolute Gasteiger partial charge is 0.156 e. The highest BCUT2D eigenvalue weighted by Gasteiger charge is 2.36. The van der Waals surface area contributed by atoms with E-state index < -0.39 is 18.4 Å². The topological polar surface area (TPSA) is 38.7 Å². The molecule has 1 aliphatic heterocycles. The molecule has 3 atom stereocenters. The highest BCUT2D eigenvalue weighted by atomic mass is 19.1. The summed E-state index contributed by atoms with van der Waals surface area (Å²) in [5.41, 5.74) is 1.04. The quantitative estimate of drug-likeness (QED) is 0.841. The van der Waals surface area contributed by atoms with E-state index in [2.05, 4.69) is 0 Å². The van der Waals surface area contributed by atoms with E-state index in [0.29, 0.717) is 6.61 Å². The molecule has 1 aliphatic rings. The molecule has 2 rings (SSSR count). The van der Waals surface area contributed by atoms with E-state index >= 15 is 0 Å². The average molecular weight is 226 g/mol. The van der Waals surface area contributed by atoms with E-state index in [0.717, 1.165) is 5.56 Å². The van der Waals surface area contributed by atoms with Crippen LogP contribution in [0.4, 0.5) is 4.39 Å². The number of hydrogen-bond donors (Lipinski definition) is 1. The molecule has 0 amide bonds. The Morgan fingerprint density at radius 2 is 2.12 bits per heavy atom. The second-order valence-electron chi connectivity index (χ2n) is 3.88. The van der Waals surface area contributed by atoms with Gasteiger partial charge >= 0.3 is 0 Å². The number of ether oxygens (including phenoxy) is 2. The van der Waals surface area contributed by atoms with Crippen LogP contribution in [0, 0.1) is 0 Å². The van der Waals surface area contributed by atoms with E-state index in [4.69, 9.17) is 14.6 Å². The van der Waals surface area contributed by atoms with Gasteiger partial charge in [-0.15, -0.1) is 0 Å². The van der Waals surface area contributed by atoms with Crippen molar-refractivity contribution < 1.29 is 19.0 Å². The second-order valence-corrected chi connectivity index (χ2v) is 3.88. The largest absolute Gasteiger partial charge is 0.388 e. The maximum Gasteiger partial charge on any atom is 0.156 e. The lowest BCUT2D eigenvalue weighted by Crippen LogP contribution is -2.29. The fourth-order valence-electron chi connectivity index (χ4n) is 1.66. The van der Waals surface area contributed by atoms with Crippen LogP contribution in [-0.4, -0.2) is 36.7 Å². The minimum Gasteiger partial charge on any atom is -0.388 e.